The lowest BCUT2D eigenvalue weighted by Gasteiger charge is -2.31. The number of carbonyl (C=O) groups excluding carboxylic acids is 1. The molecule has 0 atom stereocenters. The second-order valence-corrected chi connectivity index (χ2v) is 5.37. The highest BCUT2D eigenvalue weighted by atomic mass is 16.3. The molecule has 2 aromatic heterocycles. The number of aromatic nitrogens is 3. The lowest BCUT2D eigenvalue weighted by molar-refractivity contribution is 0.100. The molecule has 0 saturated carbocycles. The molecular weight excluding hydrogens is 270 g/mol. The van der Waals surface area contributed by atoms with E-state index in [1.165, 1.54) is 6.20 Å². The van der Waals surface area contributed by atoms with Gasteiger partial charge in [0.2, 0.25) is 0 Å². The number of aliphatic hydroxyl groups is 1. The Hall–Kier alpha value is -1.99. The molecule has 0 bridgehead atoms. The van der Waals surface area contributed by atoms with Gasteiger partial charge in [-0.05, 0) is 32.0 Å². The molecule has 1 aliphatic heterocycles. The number of carbonyl (C=O) groups is 1. The van der Waals surface area contributed by atoms with Gasteiger partial charge in [0.1, 0.15) is 5.56 Å². The molecule has 21 heavy (non-hydrogen) atoms. The molecule has 3 heterocycles. The Morgan fingerprint density at radius 3 is 2.86 bits per heavy atom. The van der Waals surface area contributed by atoms with Crippen molar-refractivity contribution in [3.63, 3.8) is 0 Å². The molecule has 0 spiro atoms. The van der Waals surface area contributed by atoms with Crippen LogP contribution in [0.15, 0.2) is 18.5 Å². The number of amides is 1. The van der Waals surface area contributed by atoms with Gasteiger partial charge in [0.15, 0.2) is 5.65 Å². The Morgan fingerprint density at radius 2 is 2.19 bits per heavy atom. The number of aliphatic hydroxyl groups excluding tert-OH is 1. The van der Waals surface area contributed by atoms with E-state index in [0.29, 0.717) is 17.1 Å². The van der Waals surface area contributed by atoms with Crippen LogP contribution in [0.3, 0.4) is 0 Å². The fourth-order valence-corrected chi connectivity index (χ4v) is 2.99. The molecule has 0 radical (unpaired) electrons. The maximum atomic E-state index is 11.4. The Kier molecular flexibility index (Phi) is 3.85. The molecule has 112 valence electrons. The van der Waals surface area contributed by atoms with Gasteiger partial charge in [0.05, 0.1) is 12.8 Å². The van der Waals surface area contributed by atoms with Crippen LogP contribution >= 0.6 is 0 Å². The molecule has 0 unspecified atom stereocenters. The number of likely N-dealkylation sites (tertiary alicyclic amines) is 1. The zero-order valence-electron chi connectivity index (χ0n) is 11.8. The molecular formula is C14H19N5O2. The molecule has 3 rings (SSSR count). The quantitative estimate of drug-likeness (QED) is 0.826. The summed E-state index contributed by atoms with van der Waals surface area (Å²) in [7, 11) is 0. The van der Waals surface area contributed by atoms with Crippen molar-refractivity contribution in [2.24, 2.45) is 5.73 Å². The summed E-state index contributed by atoms with van der Waals surface area (Å²) in [5.74, 6) is -0.126. The Balaban J connectivity index is 1.86. The van der Waals surface area contributed by atoms with Crippen molar-refractivity contribution >= 4 is 11.6 Å². The van der Waals surface area contributed by atoms with Crippen LogP contribution in [-0.4, -0.2) is 56.8 Å². The third-order valence-corrected chi connectivity index (χ3v) is 4.12. The molecule has 2 aromatic rings. The van der Waals surface area contributed by atoms with Gasteiger partial charge < -0.3 is 15.7 Å². The summed E-state index contributed by atoms with van der Waals surface area (Å²) in [6.45, 7) is 2.84. The maximum absolute atomic E-state index is 11.4. The molecule has 0 aliphatic carbocycles. The summed E-state index contributed by atoms with van der Waals surface area (Å²) in [6, 6.07) is 1.96. The van der Waals surface area contributed by atoms with E-state index < -0.39 is 5.91 Å². The molecule has 1 fully saturated rings. The summed E-state index contributed by atoms with van der Waals surface area (Å²) < 4.78 is 1.73. The summed E-state index contributed by atoms with van der Waals surface area (Å²) in [6.07, 6.45) is 5.20. The van der Waals surface area contributed by atoms with Crippen molar-refractivity contribution in [2.75, 3.05) is 26.2 Å². The minimum Gasteiger partial charge on any atom is -0.395 e. The van der Waals surface area contributed by atoms with E-state index in [0.717, 1.165) is 38.2 Å². The molecule has 1 saturated heterocycles. The number of piperidine rings is 1. The number of β-amino-alcohol motifs (C(OH)–C–C–N with tert-alkyl or cyclic N) is 1. The van der Waals surface area contributed by atoms with Crippen LogP contribution in [0.5, 0.6) is 0 Å². The number of hydrogen-bond acceptors (Lipinski definition) is 5. The van der Waals surface area contributed by atoms with Gasteiger partial charge in [-0.25, -0.2) is 9.50 Å². The number of nitrogens with two attached hydrogens (primary N) is 1. The zero-order valence-corrected chi connectivity index (χ0v) is 11.8. The maximum Gasteiger partial charge on any atom is 0.254 e. The van der Waals surface area contributed by atoms with E-state index in [1.807, 2.05) is 6.07 Å². The van der Waals surface area contributed by atoms with Crippen molar-refractivity contribution in [1.29, 1.82) is 0 Å². The van der Waals surface area contributed by atoms with Crippen LogP contribution in [0.25, 0.3) is 5.65 Å². The van der Waals surface area contributed by atoms with Crippen LogP contribution in [0.4, 0.5) is 0 Å². The Morgan fingerprint density at radius 1 is 1.43 bits per heavy atom. The molecule has 1 amide bonds. The van der Waals surface area contributed by atoms with Crippen LogP contribution in [-0.2, 0) is 0 Å². The van der Waals surface area contributed by atoms with Gasteiger partial charge in [-0.1, -0.05) is 0 Å². The number of primary amides is 1. The zero-order chi connectivity index (χ0) is 14.8. The minimum atomic E-state index is -0.507. The third-order valence-electron chi connectivity index (χ3n) is 4.12. The first-order valence-electron chi connectivity index (χ1n) is 7.16. The summed E-state index contributed by atoms with van der Waals surface area (Å²) >= 11 is 0. The van der Waals surface area contributed by atoms with Crippen LogP contribution in [0.1, 0.15) is 34.8 Å². The number of nitrogens with zero attached hydrogens (tertiary/aromatic N) is 4. The van der Waals surface area contributed by atoms with E-state index in [-0.39, 0.29) is 6.61 Å². The highest BCUT2D eigenvalue weighted by Crippen LogP contribution is 2.28. The predicted octanol–water partition coefficient (Wildman–Crippen LogP) is -0.0001000. The van der Waals surface area contributed by atoms with Gasteiger partial charge >= 0.3 is 0 Å². The number of fused-ring (bicyclic) bond motifs is 1. The van der Waals surface area contributed by atoms with Crippen molar-refractivity contribution in [2.45, 2.75) is 18.8 Å². The highest BCUT2D eigenvalue weighted by molar-refractivity contribution is 5.98. The standard InChI is InChI=1S/C14H19N5O2/c15-13(21)11-9-17-19-12(1-4-16-14(11)19)10-2-5-18(6-3-10)7-8-20/h1,4,9-10,20H,2-3,5-8H2,(H2,15,21). The van der Waals surface area contributed by atoms with Gasteiger partial charge in [0.25, 0.3) is 5.91 Å². The average Bonchev–Trinajstić information content (AvgIpc) is 2.92. The van der Waals surface area contributed by atoms with Gasteiger partial charge in [-0.15, -0.1) is 0 Å². The third kappa shape index (κ3) is 2.62. The van der Waals surface area contributed by atoms with Gasteiger partial charge in [0, 0.05) is 24.4 Å². The second-order valence-electron chi connectivity index (χ2n) is 5.37. The first-order valence-corrected chi connectivity index (χ1v) is 7.16. The molecule has 0 aromatic carbocycles. The van der Waals surface area contributed by atoms with Crippen LogP contribution in [0.2, 0.25) is 0 Å². The smallest absolute Gasteiger partial charge is 0.254 e. The fraction of sp³-hybridized carbons (Fsp3) is 0.500. The van der Waals surface area contributed by atoms with E-state index in [9.17, 15) is 4.79 Å². The van der Waals surface area contributed by atoms with Crippen molar-refractivity contribution in [3.8, 4) is 0 Å². The SMILES string of the molecule is NC(=O)c1cnn2c(C3CCN(CCO)CC3)ccnc12. The summed E-state index contributed by atoms with van der Waals surface area (Å²) in [4.78, 5) is 17.9. The average molecular weight is 289 g/mol. The number of rotatable bonds is 4. The summed E-state index contributed by atoms with van der Waals surface area (Å²) in [5.41, 5.74) is 7.29. The topological polar surface area (TPSA) is 96.8 Å². The largest absolute Gasteiger partial charge is 0.395 e. The first kappa shape index (κ1) is 14.0. The molecule has 3 N–H and O–H groups in total. The lowest BCUT2D eigenvalue weighted by Crippen LogP contribution is -2.35. The summed E-state index contributed by atoms with van der Waals surface area (Å²) in [5, 5.41) is 13.3. The fourth-order valence-electron chi connectivity index (χ4n) is 2.99. The normalized spacial score (nSPS) is 17.4. The predicted molar refractivity (Wildman–Crippen MR) is 77.0 cm³/mol. The molecule has 7 nitrogen and oxygen atoms in total. The van der Waals surface area contributed by atoms with Crippen molar-refractivity contribution < 1.29 is 9.90 Å². The molecule has 7 heteroatoms. The molecule has 1 aliphatic rings. The second kappa shape index (κ2) is 5.79. The van der Waals surface area contributed by atoms with Gasteiger partial charge in [-0.3, -0.25) is 4.79 Å². The van der Waals surface area contributed by atoms with E-state index in [1.54, 1.807) is 10.7 Å². The number of hydrogen-bond donors (Lipinski definition) is 2. The van der Waals surface area contributed by atoms with Crippen molar-refractivity contribution in [1.82, 2.24) is 19.5 Å². The Bertz CT molecular complexity index is 646. The van der Waals surface area contributed by atoms with Crippen LogP contribution < -0.4 is 5.73 Å². The minimum absolute atomic E-state index is 0.200. The lowest BCUT2D eigenvalue weighted by atomic mass is 9.93. The Labute approximate surface area is 122 Å². The first-order chi connectivity index (χ1) is 10.2. The monoisotopic (exact) mass is 289 g/mol. The van der Waals surface area contributed by atoms with E-state index in [4.69, 9.17) is 10.8 Å². The van der Waals surface area contributed by atoms with E-state index in [2.05, 4.69) is 15.0 Å². The van der Waals surface area contributed by atoms with E-state index >= 15 is 0 Å². The highest BCUT2D eigenvalue weighted by Gasteiger charge is 2.23. The van der Waals surface area contributed by atoms with Gasteiger partial charge in [-0.2, -0.15) is 5.10 Å². The van der Waals surface area contributed by atoms with Crippen molar-refractivity contribution in [3.05, 3.63) is 29.7 Å². The van der Waals surface area contributed by atoms with Crippen LogP contribution in [0, 0.1) is 0 Å².